The second-order valence-electron chi connectivity index (χ2n) is 11.8. The minimum Gasteiger partial charge on any atom is -0.307 e. The Hall–Kier alpha value is -5.99. The summed E-state index contributed by atoms with van der Waals surface area (Å²) in [4.78, 5) is 2.10. The van der Waals surface area contributed by atoms with Crippen LogP contribution in [0.3, 0.4) is 0 Å². The zero-order valence-corrected chi connectivity index (χ0v) is 25.9. The molecule has 8 rings (SSSR count). The Morgan fingerprint density at radius 3 is 1.68 bits per heavy atom. The molecule has 0 unspecified atom stereocenters. The third-order valence-electron chi connectivity index (χ3n) is 8.94. The third-order valence-corrected chi connectivity index (χ3v) is 8.94. The van der Waals surface area contributed by atoms with Gasteiger partial charge in [0.1, 0.15) is 5.82 Å². The molecule has 0 amide bonds. The van der Waals surface area contributed by atoms with E-state index in [2.05, 4.69) is 114 Å². The number of halogens is 1. The Bertz CT molecular complexity index is 2250. The minimum atomic E-state index is -0.285. The topological polar surface area (TPSA) is 3.24 Å². The fourth-order valence-corrected chi connectivity index (χ4v) is 6.67. The SMILES string of the molecule is Fc1cc(-c2ccccc2)cc(-c2ccccc2)c1N(c1ccc(-c2ccccc2)cc1)c1ccc(C2=CCC=C2)c2ccccc12. The van der Waals surface area contributed by atoms with Crippen molar-refractivity contribution < 1.29 is 4.39 Å². The molecule has 0 fully saturated rings. The first kappa shape index (κ1) is 28.5. The van der Waals surface area contributed by atoms with Gasteiger partial charge in [0, 0.05) is 16.6 Å². The Balaban J connectivity index is 1.40. The van der Waals surface area contributed by atoms with Gasteiger partial charge in [0.15, 0.2) is 0 Å². The zero-order chi connectivity index (χ0) is 31.6. The molecule has 0 atom stereocenters. The lowest BCUT2D eigenvalue weighted by Crippen LogP contribution is -2.14. The first-order valence-corrected chi connectivity index (χ1v) is 16.0. The van der Waals surface area contributed by atoms with Crippen molar-refractivity contribution in [2.45, 2.75) is 6.42 Å². The van der Waals surface area contributed by atoms with Crippen LogP contribution in [0, 0.1) is 5.82 Å². The summed E-state index contributed by atoms with van der Waals surface area (Å²) in [7, 11) is 0. The highest BCUT2D eigenvalue weighted by atomic mass is 19.1. The number of hydrogen-bond donors (Lipinski definition) is 0. The minimum absolute atomic E-state index is 0.285. The summed E-state index contributed by atoms with van der Waals surface area (Å²) in [5, 5.41) is 2.19. The van der Waals surface area contributed by atoms with Crippen molar-refractivity contribution in [3.8, 4) is 33.4 Å². The fourth-order valence-electron chi connectivity index (χ4n) is 6.67. The average Bonchev–Trinajstić information content (AvgIpc) is 3.69. The lowest BCUT2D eigenvalue weighted by atomic mass is 9.94. The number of anilines is 3. The summed E-state index contributed by atoms with van der Waals surface area (Å²) in [5.74, 6) is -0.285. The molecule has 7 aromatic rings. The molecule has 1 aliphatic rings. The summed E-state index contributed by atoms with van der Waals surface area (Å²) >= 11 is 0. The van der Waals surface area contributed by atoms with E-state index in [0.717, 1.165) is 61.9 Å². The number of hydrogen-bond acceptors (Lipinski definition) is 1. The molecule has 0 aliphatic heterocycles. The lowest BCUT2D eigenvalue weighted by Gasteiger charge is -2.30. The number of rotatable bonds is 7. The van der Waals surface area contributed by atoms with Crippen LogP contribution in [0.25, 0.3) is 49.7 Å². The van der Waals surface area contributed by atoms with Crippen molar-refractivity contribution >= 4 is 33.4 Å². The second kappa shape index (κ2) is 12.4. The molecule has 0 saturated heterocycles. The molecule has 2 heteroatoms. The van der Waals surface area contributed by atoms with Crippen molar-refractivity contribution in [1.29, 1.82) is 0 Å². The highest BCUT2D eigenvalue weighted by Crippen LogP contribution is 2.47. The monoisotopic (exact) mass is 605 g/mol. The van der Waals surface area contributed by atoms with Crippen LogP contribution in [0.5, 0.6) is 0 Å². The van der Waals surface area contributed by atoms with E-state index in [1.54, 1.807) is 6.07 Å². The molecule has 224 valence electrons. The zero-order valence-electron chi connectivity index (χ0n) is 25.9. The third kappa shape index (κ3) is 5.45. The molecule has 1 aliphatic carbocycles. The van der Waals surface area contributed by atoms with Crippen molar-refractivity contribution in [2.24, 2.45) is 0 Å². The van der Waals surface area contributed by atoms with Gasteiger partial charge in [-0.3, -0.25) is 0 Å². The highest BCUT2D eigenvalue weighted by molar-refractivity contribution is 6.06. The van der Waals surface area contributed by atoms with E-state index < -0.39 is 0 Å². The molecule has 1 nitrogen and oxygen atoms in total. The van der Waals surface area contributed by atoms with E-state index in [1.807, 2.05) is 66.7 Å². The summed E-state index contributed by atoms with van der Waals surface area (Å²) < 4.78 is 17.1. The lowest BCUT2D eigenvalue weighted by molar-refractivity contribution is 0.630. The quantitative estimate of drug-likeness (QED) is 0.175. The van der Waals surface area contributed by atoms with E-state index >= 15 is 4.39 Å². The van der Waals surface area contributed by atoms with E-state index in [0.29, 0.717) is 5.69 Å². The molecule has 0 spiro atoms. The molecule has 7 aromatic carbocycles. The van der Waals surface area contributed by atoms with Crippen LogP contribution in [0.15, 0.2) is 182 Å². The van der Waals surface area contributed by atoms with Gasteiger partial charge in [0.05, 0.1) is 11.4 Å². The Kier molecular flexibility index (Phi) is 7.53. The summed E-state index contributed by atoms with van der Waals surface area (Å²) in [5.41, 5.74) is 10.6. The largest absolute Gasteiger partial charge is 0.307 e. The maximum atomic E-state index is 17.1. The standard InChI is InChI=1S/C45H32FN/c46-43-31-37(33-16-6-2-7-17-33)30-42(36-18-8-3-9-19-36)45(43)47(38-26-24-34(25-27-38)32-14-4-1-5-15-32)44-29-28-39(35-20-10-11-21-35)40-22-12-13-23-41(40)44/h1-10,12-31H,11H2. The molecule has 0 N–H and O–H groups in total. The van der Waals surface area contributed by atoms with Crippen LogP contribution in [-0.2, 0) is 0 Å². The van der Waals surface area contributed by atoms with Crippen molar-refractivity contribution in [2.75, 3.05) is 4.90 Å². The van der Waals surface area contributed by atoms with Crippen molar-refractivity contribution in [3.63, 3.8) is 0 Å². The van der Waals surface area contributed by atoms with Crippen LogP contribution in [0.2, 0.25) is 0 Å². The number of benzene rings is 7. The summed E-state index contributed by atoms with van der Waals surface area (Å²) in [6, 6.07) is 55.6. The summed E-state index contributed by atoms with van der Waals surface area (Å²) in [6.07, 6.45) is 7.58. The van der Waals surface area contributed by atoms with Gasteiger partial charge < -0.3 is 4.90 Å². The van der Waals surface area contributed by atoms with E-state index in [-0.39, 0.29) is 5.82 Å². The van der Waals surface area contributed by atoms with Crippen molar-refractivity contribution in [3.05, 3.63) is 193 Å². The van der Waals surface area contributed by atoms with Gasteiger partial charge in [-0.2, -0.15) is 0 Å². The number of allylic oxidation sites excluding steroid dienone is 4. The molecular weight excluding hydrogens is 574 g/mol. The van der Waals surface area contributed by atoms with Gasteiger partial charge in [-0.15, -0.1) is 0 Å². The molecular formula is C45H32FN. The van der Waals surface area contributed by atoms with Crippen LogP contribution in [0.4, 0.5) is 21.5 Å². The van der Waals surface area contributed by atoms with Gasteiger partial charge in [-0.25, -0.2) is 4.39 Å². The molecule has 47 heavy (non-hydrogen) atoms. The Morgan fingerprint density at radius 2 is 1.04 bits per heavy atom. The van der Waals surface area contributed by atoms with Crippen LogP contribution < -0.4 is 4.90 Å². The van der Waals surface area contributed by atoms with Gasteiger partial charge >= 0.3 is 0 Å². The summed E-state index contributed by atoms with van der Waals surface area (Å²) in [6.45, 7) is 0. The predicted octanol–water partition coefficient (Wildman–Crippen LogP) is 12.8. The first-order chi connectivity index (χ1) is 23.2. The van der Waals surface area contributed by atoms with Crippen LogP contribution in [0.1, 0.15) is 12.0 Å². The maximum absolute atomic E-state index is 17.1. The fraction of sp³-hybridized carbons (Fsp3) is 0.0222. The van der Waals surface area contributed by atoms with E-state index in [1.165, 1.54) is 11.1 Å². The Morgan fingerprint density at radius 1 is 0.468 bits per heavy atom. The molecule has 0 bridgehead atoms. The van der Waals surface area contributed by atoms with Gasteiger partial charge in [0.2, 0.25) is 0 Å². The Labute approximate surface area is 275 Å². The van der Waals surface area contributed by atoms with Gasteiger partial charge in [0.25, 0.3) is 0 Å². The smallest absolute Gasteiger partial charge is 0.148 e. The first-order valence-electron chi connectivity index (χ1n) is 16.0. The molecule has 0 aromatic heterocycles. The molecule has 0 radical (unpaired) electrons. The highest BCUT2D eigenvalue weighted by Gasteiger charge is 2.25. The van der Waals surface area contributed by atoms with Crippen LogP contribution in [-0.4, -0.2) is 0 Å². The van der Waals surface area contributed by atoms with Gasteiger partial charge in [-0.05, 0) is 81.1 Å². The maximum Gasteiger partial charge on any atom is 0.148 e. The predicted molar refractivity (Wildman–Crippen MR) is 197 cm³/mol. The normalized spacial score (nSPS) is 12.3. The second-order valence-corrected chi connectivity index (χ2v) is 11.8. The number of nitrogens with zero attached hydrogens (tertiary/aromatic N) is 1. The average molecular weight is 606 g/mol. The van der Waals surface area contributed by atoms with E-state index in [9.17, 15) is 0 Å². The van der Waals surface area contributed by atoms with Gasteiger partial charge in [-0.1, -0.05) is 152 Å². The molecule has 0 heterocycles. The molecule has 0 saturated carbocycles. The van der Waals surface area contributed by atoms with Crippen LogP contribution >= 0.6 is 0 Å². The van der Waals surface area contributed by atoms with Crippen molar-refractivity contribution in [1.82, 2.24) is 0 Å². The number of fused-ring (bicyclic) bond motifs is 1. The van der Waals surface area contributed by atoms with E-state index in [4.69, 9.17) is 0 Å².